The number of pyridine rings is 1. The maximum Gasteiger partial charge on any atom is 0.127 e. The van der Waals surface area contributed by atoms with E-state index in [2.05, 4.69) is 57.5 Å². The summed E-state index contributed by atoms with van der Waals surface area (Å²) in [5, 5.41) is 6.60. The first-order valence-electron chi connectivity index (χ1n) is 5.92. The van der Waals surface area contributed by atoms with Crippen molar-refractivity contribution in [1.82, 2.24) is 4.98 Å². The number of anilines is 3. The maximum atomic E-state index is 4.25. The monoisotopic (exact) mass is 305 g/mol. The average molecular weight is 306 g/mol. The van der Waals surface area contributed by atoms with Crippen molar-refractivity contribution in [2.75, 3.05) is 17.2 Å². The Kier molecular flexibility index (Phi) is 4.20. The molecular weight excluding hydrogens is 290 g/mol. The summed E-state index contributed by atoms with van der Waals surface area (Å²) in [6, 6.07) is 10.2. The lowest BCUT2D eigenvalue weighted by Crippen LogP contribution is -2.00. The number of nitrogens with zero attached hydrogens (tertiary/aromatic N) is 1. The predicted octanol–water partition coefficient (Wildman–Crippen LogP) is 4.33. The molecule has 0 saturated carbocycles. The molecular formula is C14H16BrN3. The summed E-state index contributed by atoms with van der Waals surface area (Å²) in [5.74, 6) is 0.884. The van der Waals surface area contributed by atoms with Gasteiger partial charge in [0.2, 0.25) is 0 Å². The van der Waals surface area contributed by atoms with Crippen molar-refractivity contribution in [3.8, 4) is 0 Å². The highest BCUT2D eigenvalue weighted by Crippen LogP contribution is 2.25. The highest BCUT2D eigenvalue weighted by molar-refractivity contribution is 9.10. The molecule has 4 heteroatoms. The number of aryl methyl sites for hydroxylation is 1. The van der Waals surface area contributed by atoms with E-state index in [0.29, 0.717) is 0 Å². The van der Waals surface area contributed by atoms with Crippen molar-refractivity contribution in [2.24, 2.45) is 0 Å². The SMILES string of the molecule is CCNc1cc(Nc2cc(Br)ccc2C)ccn1. The number of rotatable bonds is 4. The summed E-state index contributed by atoms with van der Waals surface area (Å²) in [7, 11) is 0. The molecule has 0 amide bonds. The van der Waals surface area contributed by atoms with Crippen LogP contribution in [0.3, 0.4) is 0 Å². The van der Waals surface area contributed by atoms with Crippen molar-refractivity contribution < 1.29 is 0 Å². The molecule has 0 fully saturated rings. The molecule has 1 heterocycles. The average Bonchev–Trinajstić information content (AvgIpc) is 2.35. The van der Waals surface area contributed by atoms with Crippen LogP contribution in [0.2, 0.25) is 0 Å². The molecule has 94 valence electrons. The molecule has 1 aromatic carbocycles. The van der Waals surface area contributed by atoms with Crippen LogP contribution in [0, 0.1) is 6.92 Å². The van der Waals surface area contributed by atoms with Crippen molar-refractivity contribution in [2.45, 2.75) is 13.8 Å². The fraction of sp³-hybridized carbons (Fsp3) is 0.214. The van der Waals surface area contributed by atoms with E-state index in [1.54, 1.807) is 6.20 Å². The normalized spacial score (nSPS) is 10.2. The zero-order valence-electron chi connectivity index (χ0n) is 10.5. The minimum absolute atomic E-state index is 0.867. The fourth-order valence-electron chi connectivity index (χ4n) is 1.67. The van der Waals surface area contributed by atoms with Gasteiger partial charge >= 0.3 is 0 Å². The lowest BCUT2D eigenvalue weighted by atomic mass is 10.2. The van der Waals surface area contributed by atoms with Crippen LogP contribution < -0.4 is 10.6 Å². The zero-order valence-corrected chi connectivity index (χ0v) is 12.1. The van der Waals surface area contributed by atoms with E-state index in [1.807, 2.05) is 18.2 Å². The van der Waals surface area contributed by atoms with E-state index in [0.717, 1.165) is 28.2 Å². The molecule has 0 aliphatic heterocycles. The summed E-state index contributed by atoms with van der Waals surface area (Å²) in [6.07, 6.45) is 1.80. The Hall–Kier alpha value is -1.55. The first kappa shape index (κ1) is 12.9. The topological polar surface area (TPSA) is 37.0 Å². The van der Waals surface area contributed by atoms with E-state index in [1.165, 1.54) is 5.56 Å². The van der Waals surface area contributed by atoms with Gasteiger partial charge in [0.1, 0.15) is 5.82 Å². The van der Waals surface area contributed by atoms with E-state index < -0.39 is 0 Å². The van der Waals surface area contributed by atoms with Crippen LogP contribution in [-0.2, 0) is 0 Å². The first-order valence-corrected chi connectivity index (χ1v) is 6.71. The van der Waals surface area contributed by atoms with Crippen LogP contribution in [0.1, 0.15) is 12.5 Å². The van der Waals surface area contributed by atoms with Gasteiger partial charge in [0, 0.05) is 34.7 Å². The van der Waals surface area contributed by atoms with Crippen LogP contribution in [0.25, 0.3) is 0 Å². The van der Waals surface area contributed by atoms with Gasteiger partial charge < -0.3 is 10.6 Å². The zero-order chi connectivity index (χ0) is 13.0. The minimum atomic E-state index is 0.867. The number of halogens is 1. The van der Waals surface area contributed by atoms with Crippen LogP contribution in [0.4, 0.5) is 17.2 Å². The molecule has 0 aliphatic rings. The Morgan fingerprint density at radius 3 is 2.83 bits per heavy atom. The molecule has 0 atom stereocenters. The molecule has 18 heavy (non-hydrogen) atoms. The van der Waals surface area contributed by atoms with Gasteiger partial charge in [-0.2, -0.15) is 0 Å². The molecule has 0 saturated heterocycles. The van der Waals surface area contributed by atoms with Gasteiger partial charge in [-0.05, 0) is 37.6 Å². The van der Waals surface area contributed by atoms with Crippen molar-refractivity contribution >= 4 is 33.1 Å². The Morgan fingerprint density at radius 1 is 1.22 bits per heavy atom. The van der Waals surface area contributed by atoms with Gasteiger partial charge in [-0.3, -0.25) is 0 Å². The second-order valence-corrected chi connectivity index (χ2v) is 4.96. The number of aromatic nitrogens is 1. The summed E-state index contributed by atoms with van der Waals surface area (Å²) in [6.45, 7) is 5.01. The Bertz CT molecular complexity index is 540. The van der Waals surface area contributed by atoms with Crippen LogP contribution in [0.15, 0.2) is 41.0 Å². The van der Waals surface area contributed by atoms with Crippen LogP contribution in [0.5, 0.6) is 0 Å². The second kappa shape index (κ2) is 5.87. The Labute approximate surface area is 116 Å². The molecule has 0 bridgehead atoms. The van der Waals surface area contributed by atoms with Crippen LogP contribution >= 0.6 is 15.9 Å². The third kappa shape index (κ3) is 3.23. The summed E-state index contributed by atoms with van der Waals surface area (Å²) >= 11 is 3.48. The van der Waals surface area contributed by atoms with E-state index >= 15 is 0 Å². The van der Waals surface area contributed by atoms with E-state index in [4.69, 9.17) is 0 Å². The number of benzene rings is 1. The summed E-state index contributed by atoms with van der Waals surface area (Å²) < 4.78 is 1.07. The lowest BCUT2D eigenvalue weighted by Gasteiger charge is -2.11. The molecule has 1 aromatic heterocycles. The van der Waals surface area contributed by atoms with Gasteiger partial charge in [0.25, 0.3) is 0 Å². The third-order valence-electron chi connectivity index (χ3n) is 2.60. The second-order valence-electron chi connectivity index (χ2n) is 4.04. The minimum Gasteiger partial charge on any atom is -0.370 e. The quantitative estimate of drug-likeness (QED) is 0.883. The predicted molar refractivity (Wildman–Crippen MR) is 80.6 cm³/mol. The number of hydrogen-bond acceptors (Lipinski definition) is 3. The molecule has 2 N–H and O–H groups in total. The standard InChI is InChI=1S/C14H16BrN3/c1-3-16-14-9-12(6-7-17-14)18-13-8-11(15)5-4-10(13)2/h4-9H,3H2,1-2H3,(H2,16,17,18). The van der Waals surface area contributed by atoms with E-state index in [9.17, 15) is 0 Å². The molecule has 3 nitrogen and oxygen atoms in total. The first-order chi connectivity index (χ1) is 8.69. The lowest BCUT2D eigenvalue weighted by molar-refractivity contribution is 1.16. The molecule has 0 aliphatic carbocycles. The largest absolute Gasteiger partial charge is 0.370 e. The molecule has 2 rings (SSSR count). The molecule has 0 radical (unpaired) electrons. The molecule has 0 unspecified atom stereocenters. The van der Waals surface area contributed by atoms with Gasteiger partial charge in [0.05, 0.1) is 0 Å². The highest BCUT2D eigenvalue weighted by Gasteiger charge is 2.01. The van der Waals surface area contributed by atoms with Crippen molar-refractivity contribution in [3.63, 3.8) is 0 Å². The van der Waals surface area contributed by atoms with Gasteiger partial charge in [-0.25, -0.2) is 4.98 Å². The third-order valence-corrected chi connectivity index (χ3v) is 3.09. The highest BCUT2D eigenvalue weighted by atomic mass is 79.9. The molecule has 2 aromatic rings. The maximum absolute atomic E-state index is 4.25. The molecule has 0 spiro atoms. The van der Waals surface area contributed by atoms with Gasteiger partial charge in [0.15, 0.2) is 0 Å². The Morgan fingerprint density at radius 2 is 2.06 bits per heavy atom. The van der Waals surface area contributed by atoms with Crippen LogP contribution in [-0.4, -0.2) is 11.5 Å². The van der Waals surface area contributed by atoms with Gasteiger partial charge in [-0.1, -0.05) is 22.0 Å². The smallest absolute Gasteiger partial charge is 0.127 e. The number of hydrogen-bond donors (Lipinski definition) is 2. The van der Waals surface area contributed by atoms with Crippen molar-refractivity contribution in [1.29, 1.82) is 0 Å². The fourth-order valence-corrected chi connectivity index (χ4v) is 2.03. The van der Waals surface area contributed by atoms with Gasteiger partial charge in [-0.15, -0.1) is 0 Å². The number of nitrogens with one attached hydrogen (secondary N) is 2. The summed E-state index contributed by atoms with van der Waals surface area (Å²) in [4.78, 5) is 4.25. The summed E-state index contributed by atoms with van der Waals surface area (Å²) in [5.41, 5.74) is 3.33. The Balaban J connectivity index is 2.22. The van der Waals surface area contributed by atoms with Crippen molar-refractivity contribution in [3.05, 3.63) is 46.6 Å². The van der Waals surface area contributed by atoms with E-state index in [-0.39, 0.29) is 0 Å².